The highest BCUT2D eigenvalue weighted by molar-refractivity contribution is 7.89. The molecule has 0 aliphatic heterocycles. The van der Waals surface area contributed by atoms with Gasteiger partial charge in [0.2, 0.25) is 10.0 Å². The number of halogens is 1. The van der Waals surface area contributed by atoms with E-state index in [1.54, 1.807) is 44.2 Å². The van der Waals surface area contributed by atoms with Gasteiger partial charge in [-0.2, -0.15) is 4.31 Å². The van der Waals surface area contributed by atoms with E-state index in [0.29, 0.717) is 26.1 Å². The van der Waals surface area contributed by atoms with Crippen LogP contribution in [0.25, 0.3) is 0 Å². The monoisotopic (exact) mass is 378 g/mol. The van der Waals surface area contributed by atoms with Crippen molar-refractivity contribution in [2.75, 3.05) is 19.6 Å². The molecule has 0 bridgehead atoms. The highest BCUT2D eigenvalue weighted by Gasteiger charge is 2.21. The molecule has 0 aliphatic rings. The average Bonchev–Trinajstić information content (AvgIpc) is 2.63. The van der Waals surface area contributed by atoms with Crippen LogP contribution in [0.5, 0.6) is 0 Å². The molecule has 0 aliphatic carbocycles. The van der Waals surface area contributed by atoms with Gasteiger partial charge in [-0.25, -0.2) is 12.8 Å². The summed E-state index contributed by atoms with van der Waals surface area (Å²) in [7, 11) is -3.46. The molecule has 0 spiro atoms. The molecule has 0 heterocycles. The Morgan fingerprint density at radius 2 is 1.73 bits per heavy atom. The summed E-state index contributed by atoms with van der Waals surface area (Å²) in [5, 5.41) is 2.72. The third kappa shape index (κ3) is 4.89. The van der Waals surface area contributed by atoms with Crippen molar-refractivity contribution in [1.29, 1.82) is 0 Å². The van der Waals surface area contributed by atoms with Crippen LogP contribution in [0.15, 0.2) is 53.4 Å². The summed E-state index contributed by atoms with van der Waals surface area (Å²) in [4.78, 5) is 12.2. The van der Waals surface area contributed by atoms with Gasteiger partial charge in [0.25, 0.3) is 5.91 Å². The number of benzene rings is 2. The molecule has 0 radical (unpaired) electrons. The topological polar surface area (TPSA) is 66.5 Å². The van der Waals surface area contributed by atoms with Gasteiger partial charge in [0.1, 0.15) is 5.82 Å². The van der Waals surface area contributed by atoms with Gasteiger partial charge in [-0.3, -0.25) is 4.79 Å². The van der Waals surface area contributed by atoms with Gasteiger partial charge in [0, 0.05) is 25.2 Å². The molecule has 2 aromatic carbocycles. The SMILES string of the molecule is CCN(CC)S(=O)(=O)c1ccc(CCNC(=O)c2cccc(F)c2)cc1. The van der Waals surface area contributed by atoms with Gasteiger partial charge in [0.05, 0.1) is 4.90 Å². The number of amides is 1. The molecule has 2 aromatic rings. The number of hydrogen-bond donors (Lipinski definition) is 1. The predicted molar refractivity (Wildman–Crippen MR) is 99.0 cm³/mol. The Bertz CT molecular complexity index is 847. The van der Waals surface area contributed by atoms with E-state index in [0.717, 1.165) is 5.56 Å². The first-order chi connectivity index (χ1) is 12.4. The summed E-state index contributed by atoms with van der Waals surface area (Å²) in [6.45, 7) is 4.82. The minimum absolute atomic E-state index is 0.258. The lowest BCUT2D eigenvalue weighted by atomic mass is 10.1. The zero-order valence-corrected chi connectivity index (χ0v) is 15.7. The number of carbonyl (C=O) groups excluding carboxylic acids is 1. The molecule has 7 heteroatoms. The largest absolute Gasteiger partial charge is 0.352 e. The molecule has 0 saturated carbocycles. The molecular weight excluding hydrogens is 355 g/mol. The van der Waals surface area contributed by atoms with E-state index in [9.17, 15) is 17.6 Å². The number of nitrogens with zero attached hydrogens (tertiary/aromatic N) is 1. The fourth-order valence-corrected chi connectivity index (χ4v) is 4.05. The Balaban J connectivity index is 1.94. The lowest BCUT2D eigenvalue weighted by Crippen LogP contribution is -2.30. The molecule has 0 saturated heterocycles. The molecule has 0 fully saturated rings. The first-order valence-corrected chi connectivity index (χ1v) is 9.95. The Morgan fingerprint density at radius 1 is 1.08 bits per heavy atom. The fourth-order valence-electron chi connectivity index (χ4n) is 2.59. The van der Waals surface area contributed by atoms with Crippen LogP contribution in [0.3, 0.4) is 0 Å². The number of carbonyl (C=O) groups is 1. The summed E-state index contributed by atoms with van der Waals surface area (Å²) in [6, 6.07) is 12.1. The third-order valence-electron chi connectivity index (χ3n) is 4.05. The Morgan fingerprint density at radius 3 is 2.31 bits per heavy atom. The van der Waals surface area contributed by atoms with Crippen molar-refractivity contribution >= 4 is 15.9 Å². The molecule has 5 nitrogen and oxygen atoms in total. The van der Waals surface area contributed by atoms with E-state index in [-0.39, 0.29) is 16.4 Å². The van der Waals surface area contributed by atoms with Gasteiger partial charge < -0.3 is 5.32 Å². The van der Waals surface area contributed by atoms with Gasteiger partial charge >= 0.3 is 0 Å². The molecule has 140 valence electrons. The molecule has 0 atom stereocenters. The van der Waals surface area contributed by atoms with Crippen molar-refractivity contribution in [1.82, 2.24) is 9.62 Å². The molecule has 0 unspecified atom stereocenters. The molecule has 0 aromatic heterocycles. The van der Waals surface area contributed by atoms with Crippen LogP contribution in [0, 0.1) is 5.82 Å². The summed E-state index contributed by atoms with van der Waals surface area (Å²) < 4.78 is 39.4. The first-order valence-electron chi connectivity index (χ1n) is 8.51. The van der Waals surface area contributed by atoms with E-state index < -0.39 is 15.8 Å². The van der Waals surface area contributed by atoms with E-state index in [1.165, 1.54) is 22.5 Å². The number of sulfonamides is 1. The smallest absolute Gasteiger partial charge is 0.251 e. The maximum Gasteiger partial charge on any atom is 0.251 e. The van der Waals surface area contributed by atoms with Gasteiger partial charge in [-0.05, 0) is 42.3 Å². The van der Waals surface area contributed by atoms with Crippen molar-refractivity contribution in [3.8, 4) is 0 Å². The van der Waals surface area contributed by atoms with E-state index in [1.807, 2.05) is 0 Å². The molecular formula is C19H23FN2O3S. The minimum atomic E-state index is -3.46. The summed E-state index contributed by atoms with van der Waals surface area (Å²) in [5.41, 5.74) is 1.17. The number of rotatable bonds is 8. The van der Waals surface area contributed by atoms with Crippen LogP contribution in [0.1, 0.15) is 29.8 Å². The first kappa shape index (κ1) is 20.1. The predicted octanol–water partition coefficient (Wildman–Crippen LogP) is 2.83. The van der Waals surface area contributed by atoms with Crippen molar-refractivity contribution in [2.45, 2.75) is 25.2 Å². The second-order valence-electron chi connectivity index (χ2n) is 5.75. The van der Waals surface area contributed by atoms with E-state index in [4.69, 9.17) is 0 Å². The maximum atomic E-state index is 13.1. The van der Waals surface area contributed by atoms with Crippen LogP contribution in [0.4, 0.5) is 4.39 Å². The van der Waals surface area contributed by atoms with Gasteiger partial charge in [-0.1, -0.05) is 32.0 Å². The normalized spacial score (nSPS) is 11.5. The standard InChI is InChI=1S/C19H23FN2O3S/c1-3-22(4-2)26(24,25)18-10-8-15(9-11-18)12-13-21-19(23)16-6-5-7-17(20)14-16/h5-11,14H,3-4,12-13H2,1-2H3,(H,21,23). The lowest BCUT2D eigenvalue weighted by molar-refractivity contribution is 0.0953. The zero-order valence-electron chi connectivity index (χ0n) is 14.9. The second kappa shape index (κ2) is 8.91. The van der Waals surface area contributed by atoms with E-state index in [2.05, 4.69) is 5.32 Å². The molecule has 2 rings (SSSR count). The Kier molecular flexibility index (Phi) is 6.88. The van der Waals surface area contributed by atoms with Crippen molar-refractivity contribution < 1.29 is 17.6 Å². The molecule has 26 heavy (non-hydrogen) atoms. The maximum absolute atomic E-state index is 13.1. The van der Waals surface area contributed by atoms with Crippen LogP contribution in [0.2, 0.25) is 0 Å². The molecule has 1 amide bonds. The van der Waals surface area contributed by atoms with Crippen molar-refractivity contribution in [3.63, 3.8) is 0 Å². The highest BCUT2D eigenvalue weighted by atomic mass is 32.2. The van der Waals surface area contributed by atoms with E-state index >= 15 is 0 Å². The lowest BCUT2D eigenvalue weighted by Gasteiger charge is -2.18. The van der Waals surface area contributed by atoms with Crippen LogP contribution >= 0.6 is 0 Å². The fraction of sp³-hybridized carbons (Fsp3) is 0.316. The van der Waals surface area contributed by atoms with Gasteiger partial charge in [-0.15, -0.1) is 0 Å². The van der Waals surface area contributed by atoms with Crippen LogP contribution in [-0.4, -0.2) is 38.3 Å². The summed E-state index contributed by atoms with van der Waals surface area (Å²) in [5.74, 6) is -0.798. The number of hydrogen-bond acceptors (Lipinski definition) is 3. The Labute approximate surface area is 153 Å². The Hall–Kier alpha value is -2.25. The quantitative estimate of drug-likeness (QED) is 0.768. The average molecular weight is 378 g/mol. The second-order valence-corrected chi connectivity index (χ2v) is 7.69. The van der Waals surface area contributed by atoms with Crippen LogP contribution in [-0.2, 0) is 16.4 Å². The number of nitrogens with one attached hydrogen (secondary N) is 1. The van der Waals surface area contributed by atoms with Crippen molar-refractivity contribution in [3.05, 3.63) is 65.5 Å². The molecule has 1 N–H and O–H groups in total. The minimum Gasteiger partial charge on any atom is -0.352 e. The summed E-state index contributed by atoms with van der Waals surface area (Å²) >= 11 is 0. The third-order valence-corrected chi connectivity index (χ3v) is 6.12. The summed E-state index contributed by atoms with van der Waals surface area (Å²) in [6.07, 6.45) is 0.548. The van der Waals surface area contributed by atoms with Crippen LogP contribution < -0.4 is 5.32 Å². The zero-order chi connectivity index (χ0) is 19.2. The van der Waals surface area contributed by atoms with Gasteiger partial charge in [0.15, 0.2) is 0 Å². The van der Waals surface area contributed by atoms with Crippen molar-refractivity contribution in [2.24, 2.45) is 0 Å². The highest BCUT2D eigenvalue weighted by Crippen LogP contribution is 2.16.